The van der Waals surface area contributed by atoms with Crippen LogP contribution in [0.25, 0.3) is 6.08 Å². The van der Waals surface area contributed by atoms with Crippen LogP contribution in [0.1, 0.15) is 12.0 Å². The van der Waals surface area contributed by atoms with Gasteiger partial charge in [-0.25, -0.2) is 0 Å². The van der Waals surface area contributed by atoms with Gasteiger partial charge in [-0.1, -0.05) is 23.7 Å². The van der Waals surface area contributed by atoms with Crippen molar-refractivity contribution in [2.75, 3.05) is 18.6 Å². The van der Waals surface area contributed by atoms with Crippen molar-refractivity contribution in [1.29, 1.82) is 5.26 Å². The summed E-state index contributed by atoms with van der Waals surface area (Å²) in [6.07, 6.45) is 2.18. The lowest BCUT2D eigenvalue weighted by molar-refractivity contribution is -0.140. The van der Waals surface area contributed by atoms with Gasteiger partial charge in [0.15, 0.2) is 0 Å². The van der Waals surface area contributed by atoms with Crippen LogP contribution in [0.2, 0.25) is 5.02 Å². The Hall–Kier alpha value is -1.44. The van der Waals surface area contributed by atoms with Gasteiger partial charge in [0, 0.05) is 22.1 Å². The maximum Gasteiger partial charge on any atom is 0.306 e. The highest BCUT2D eigenvalue weighted by Gasteiger charge is 2.02. The number of esters is 1. The summed E-state index contributed by atoms with van der Waals surface area (Å²) in [6, 6.07) is 9.45. The zero-order chi connectivity index (χ0) is 14.1. The molecule has 0 atom stereocenters. The van der Waals surface area contributed by atoms with E-state index in [9.17, 15) is 4.79 Å². The molecule has 0 aliphatic heterocycles. The molecule has 0 amide bonds. The molecule has 100 valence electrons. The highest BCUT2D eigenvalue weighted by atomic mass is 35.5. The predicted octanol–water partition coefficient (Wildman–Crippen LogP) is 3.54. The number of halogens is 1. The molecule has 1 aromatic rings. The van der Waals surface area contributed by atoms with Gasteiger partial charge in [-0.15, -0.1) is 0 Å². The summed E-state index contributed by atoms with van der Waals surface area (Å²) >= 11 is 7.33. The summed E-state index contributed by atoms with van der Waals surface area (Å²) in [4.78, 5) is 10.9. The van der Waals surface area contributed by atoms with Gasteiger partial charge in [0.05, 0.1) is 19.6 Å². The smallest absolute Gasteiger partial charge is 0.306 e. The van der Waals surface area contributed by atoms with Crippen molar-refractivity contribution in [1.82, 2.24) is 0 Å². The van der Waals surface area contributed by atoms with E-state index in [1.807, 2.05) is 18.2 Å². The first kappa shape index (κ1) is 15.6. The van der Waals surface area contributed by atoms with Gasteiger partial charge in [-0.3, -0.25) is 4.79 Å². The van der Waals surface area contributed by atoms with Crippen LogP contribution in [0, 0.1) is 11.3 Å². The van der Waals surface area contributed by atoms with E-state index in [-0.39, 0.29) is 5.97 Å². The molecule has 0 aliphatic rings. The van der Waals surface area contributed by atoms with E-state index in [0.29, 0.717) is 28.5 Å². The highest BCUT2D eigenvalue weighted by molar-refractivity contribution is 7.99. The first-order valence-corrected chi connectivity index (χ1v) is 7.19. The quantitative estimate of drug-likeness (QED) is 0.457. The Bertz CT molecular complexity index is 491. The Kier molecular flexibility index (Phi) is 7.09. The SMILES string of the molecule is COC(=O)CCSC/C(C#N)=C/c1ccc(Cl)cc1. The fourth-order valence-corrected chi connectivity index (χ4v) is 2.26. The van der Waals surface area contributed by atoms with E-state index in [2.05, 4.69) is 10.8 Å². The number of nitriles is 1. The minimum absolute atomic E-state index is 0.229. The van der Waals surface area contributed by atoms with Gasteiger partial charge in [-0.2, -0.15) is 17.0 Å². The lowest BCUT2D eigenvalue weighted by atomic mass is 10.1. The maximum atomic E-state index is 10.9. The molecule has 0 aromatic heterocycles. The molecule has 1 aromatic carbocycles. The number of carbonyl (C=O) groups is 1. The number of hydrogen-bond acceptors (Lipinski definition) is 4. The summed E-state index contributed by atoms with van der Waals surface area (Å²) in [6.45, 7) is 0. The topological polar surface area (TPSA) is 50.1 Å². The molecule has 0 radical (unpaired) electrons. The van der Waals surface area contributed by atoms with Crippen LogP contribution in [-0.2, 0) is 9.53 Å². The Labute approximate surface area is 122 Å². The molecule has 1 rings (SSSR count). The second kappa shape index (κ2) is 8.63. The van der Waals surface area contributed by atoms with Gasteiger partial charge < -0.3 is 4.74 Å². The van der Waals surface area contributed by atoms with E-state index in [1.54, 1.807) is 12.1 Å². The van der Waals surface area contributed by atoms with Crippen molar-refractivity contribution in [3.8, 4) is 6.07 Å². The monoisotopic (exact) mass is 295 g/mol. The van der Waals surface area contributed by atoms with Crippen LogP contribution in [0.5, 0.6) is 0 Å². The Morgan fingerprint density at radius 1 is 1.47 bits per heavy atom. The summed E-state index contributed by atoms with van der Waals surface area (Å²) < 4.78 is 4.55. The van der Waals surface area contributed by atoms with Gasteiger partial charge >= 0.3 is 5.97 Å². The number of ether oxygens (including phenoxy) is 1. The fraction of sp³-hybridized carbons (Fsp3) is 0.286. The van der Waals surface area contributed by atoms with E-state index in [1.165, 1.54) is 18.9 Å². The van der Waals surface area contributed by atoms with Crippen LogP contribution in [0.4, 0.5) is 0 Å². The third-order valence-corrected chi connectivity index (χ3v) is 3.55. The zero-order valence-corrected chi connectivity index (χ0v) is 12.1. The number of methoxy groups -OCH3 is 1. The second-order valence-electron chi connectivity index (χ2n) is 3.71. The standard InChI is InChI=1S/C14H14ClNO2S/c1-18-14(17)6-7-19-10-12(9-16)8-11-2-4-13(15)5-3-11/h2-5,8H,6-7,10H2,1H3/b12-8+. The summed E-state index contributed by atoms with van der Waals surface area (Å²) in [5, 5.41) is 9.72. The first-order valence-electron chi connectivity index (χ1n) is 5.66. The molecule has 0 heterocycles. The van der Waals surface area contributed by atoms with Gasteiger partial charge in [0.25, 0.3) is 0 Å². The maximum absolute atomic E-state index is 10.9. The van der Waals surface area contributed by atoms with E-state index in [0.717, 1.165) is 5.56 Å². The fourth-order valence-electron chi connectivity index (χ4n) is 1.31. The lowest BCUT2D eigenvalue weighted by Crippen LogP contribution is -2.01. The van der Waals surface area contributed by atoms with E-state index in [4.69, 9.17) is 16.9 Å². The zero-order valence-electron chi connectivity index (χ0n) is 10.6. The Morgan fingerprint density at radius 2 is 2.16 bits per heavy atom. The lowest BCUT2D eigenvalue weighted by Gasteiger charge is -2.01. The average Bonchev–Trinajstić information content (AvgIpc) is 2.44. The highest BCUT2D eigenvalue weighted by Crippen LogP contribution is 2.15. The van der Waals surface area contributed by atoms with Crippen molar-refractivity contribution >= 4 is 35.4 Å². The molecule has 3 nitrogen and oxygen atoms in total. The largest absolute Gasteiger partial charge is 0.469 e. The van der Waals surface area contributed by atoms with Crippen molar-refractivity contribution < 1.29 is 9.53 Å². The molecule has 19 heavy (non-hydrogen) atoms. The first-order chi connectivity index (χ1) is 9.15. The van der Waals surface area contributed by atoms with Gasteiger partial charge in [-0.05, 0) is 23.8 Å². The summed E-state index contributed by atoms with van der Waals surface area (Å²) in [5.41, 5.74) is 1.60. The molecular weight excluding hydrogens is 282 g/mol. The Morgan fingerprint density at radius 3 is 2.74 bits per heavy atom. The average molecular weight is 296 g/mol. The predicted molar refractivity (Wildman–Crippen MR) is 79.0 cm³/mol. The van der Waals surface area contributed by atoms with E-state index >= 15 is 0 Å². The number of nitrogens with zero attached hydrogens (tertiary/aromatic N) is 1. The molecule has 0 spiro atoms. The van der Waals surface area contributed by atoms with Crippen LogP contribution >= 0.6 is 23.4 Å². The van der Waals surface area contributed by atoms with E-state index < -0.39 is 0 Å². The van der Waals surface area contributed by atoms with Crippen LogP contribution in [-0.4, -0.2) is 24.6 Å². The molecule has 0 N–H and O–H groups in total. The van der Waals surface area contributed by atoms with Crippen molar-refractivity contribution in [2.45, 2.75) is 6.42 Å². The van der Waals surface area contributed by atoms with Crippen LogP contribution in [0.15, 0.2) is 29.8 Å². The summed E-state index contributed by atoms with van der Waals surface area (Å²) in [5.74, 6) is 0.996. The van der Waals surface area contributed by atoms with Crippen molar-refractivity contribution in [2.24, 2.45) is 0 Å². The molecule has 0 aliphatic carbocycles. The molecule has 0 unspecified atom stereocenters. The third kappa shape index (κ3) is 6.32. The molecular formula is C14H14ClNO2S. The molecule has 0 bridgehead atoms. The second-order valence-corrected chi connectivity index (χ2v) is 5.25. The molecule has 0 saturated heterocycles. The van der Waals surface area contributed by atoms with Gasteiger partial charge in [0.1, 0.15) is 0 Å². The van der Waals surface area contributed by atoms with Crippen LogP contribution < -0.4 is 0 Å². The normalized spacial score (nSPS) is 10.9. The number of benzene rings is 1. The van der Waals surface area contributed by atoms with Crippen LogP contribution in [0.3, 0.4) is 0 Å². The van der Waals surface area contributed by atoms with Crippen molar-refractivity contribution in [3.63, 3.8) is 0 Å². The number of carbonyl (C=O) groups excluding carboxylic acids is 1. The Balaban J connectivity index is 2.47. The van der Waals surface area contributed by atoms with Crippen molar-refractivity contribution in [3.05, 3.63) is 40.4 Å². The molecule has 0 saturated carbocycles. The van der Waals surface area contributed by atoms with Gasteiger partial charge in [0.2, 0.25) is 0 Å². The number of hydrogen-bond donors (Lipinski definition) is 0. The minimum Gasteiger partial charge on any atom is -0.469 e. The molecule has 0 fully saturated rings. The number of rotatable bonds is 6. The summed E-state index contributed by atoms with van der Waals surface area (Å²) in [7, 11) is 1.37. The third-order valence-electron chi connectivity index (χ3n) is 2.29. The molecule has 5 heteroatoms. The minimum atomic E-state index is -0.229. The number of thioether (sulfide) groups is 1.